The molecule has 1 aliphatic heterocycles. The van der Waals surface area contributed by atoms with E-state index in [9.17, 15) is 4.79 Å². The minimum Gasteiger partial charge on any atom is -0.370 e. The Morgan fingerprint density at radius 1 is 1.52 bits per heavy atom. The molecule has 0 radical (unpaired) electrons. The molecule has 0 saturated carbocycles. The quantitative estimate of drug-likeness (QED) is 0.819. The van der Waals surface area contributed by atoms with Crippen LogP contribution in [0.5, 0.6) is 0 Å². The second kappa shape index (κ2) is 7.71. The van der Waals surface area contributed by atoms with Gasteiger partial charge < -0.3 is 16.0 Å². The summed E-state index contributed by atoms with van der Waals surface area (Å²) in [4.78, 5) is 15.5. The molecular weight excluding hydrogens is 282 g/mol. The van der Waals surface area contributed by atoms with Crippen LogP contribution >= 0.6 is 11.8 Å². The van der Waals surface area contributed by atoms with Crippen molar-refractivity contribution in [3.05, 3.63) is 23.8 Å². The van der Waals surface area contributed by atoms with Crippen molar-refractivity contribution in [2.24, 2.45) is 11.7 Å². The Morgan fingerprint density at radius 3 is 3.00 bits per heavy atom. The Hall–Kier alpha value is -1.20. The van der Waals surface area contributed by atoms with Crippen molar-refractivity contribution in [3.8, 4) is 0 Å². The summed E-state index contributed by atoms with van der Waals surface area (Å²) in [6.45, 7) is 4.48. The van der Waals surface area contributed by atoms with Crippen LogP contribution in [0.25, 0.3) is 0 Å². The molecule has 1 atom stereocenters. The first-order valence-electron chi connectivity index (χ1n) is 7.62. The molecule has 1 amide bonds. The minimum absolute atomic E-state index is 0.0804. The van der Waals surface area contributed by atoms with Crippen LogP contribution in [0.1, 0.15) is 25.3 Å². The molecule has 4 nitrogen and oxygen atoms in total. The number of nitrogens with zero attached hydrogens (tertiary/aromatic N) is 1. The highest BCUT2D eigenvalue weighted by Gasteiger charge is 2.26. The molecule has 0 spiro atoms. The van der Waals surface area contributed by atoms with Crippen molar-refractivity contribution >= 4 is 23.4 Å². The number of amides is 1. The summed E-state index contributed by atoms with van der Waals surface area (Å²) < 4.78 is 0. The van der Waals surface area contributed by atoms with Crippen LogP contribution in [-0.4, -0.2) is 31.8 Å². The lowest BCUT2D eigenvalue weighted by atomic mass is 9.96. The van der Waals surface area contributed by atoms with Crippen molar-refractivity contribution < 1.29 is 4.79 Å². The van der Waals surface area contributed by atoms with Gasteiger partial charge in [-0.3, -0.25) is 4.79 Å². The number of benzene rings is 1. The Labute approximate surface area is 131 Å². The van der Waals surface area contributed by atoms with Gasteiger partial charge in [-0.2, -0.15) is 0 Å². The number of carbonyl (C=O) groups excluding carboxylic acids is 1. The second-order valence-corrected chi connectivity index (χ2v) is 6.60. The molecule has 0 aromatic heterocycles. The third-order valence-electron chi connectivity index (χ3n) is 3.99. The lowest BCUT2D eigenvalue weighted by molar-refractivity contribution is -0.124. The lowest BCUT2D eigenvalue weighted by Gasteiger charge is -2.35. The summed E-state index contributed by atoms with van der Waals surface area (Å²) in [6.07, 6.45) is 2.02. The van der Waals surface area contributed by atoms with Crippen molar-refractivity contribution in [2.75, 3.05) is 30.8 Å². The van der Waals surface area contributed by atoms with Crippen molar-refractivity contribution in [1.29, 1.82) is 0 Å². The van der Waals surface area contributed by atoms with Crippen LogP contribution in [0.3, 0.4) is 0 Å². The Kier molecular flexibility index (Phi) is 5.94. The van der Waals surface area contributed by atoms with E-state index in [1.165, 1.54) is 16.1 Å². The molecule has 1 aromatic rings. The maximum atomic E-state index is 11.9. The molecule has 1 unspecified atom stereocenters. The normalized spacial score (nSPS) is 18.6. The summed E-state index contributed by atoms with van der Waals surface area (Å²) in [5.41, 5.74) is 8.40. The summed E-state index contributed by atoms with van der Waals surface area (Å²) in [5, 5.41) is 2.77. The molecule has 1 heterocycles. The number of carbonyl (C=O) groups is 1. The molecule has 0 bridgehead atoms. The highest BCUT2D eigenvalue weighted by atomic mass is 32.2. The van der Waals surface area contributed by atoms with Crippen LogP contribution < -0.4 is 16.0 Å². The standard InChI is InChI=1S/C16H25N3OS/c1-3-21-15-8-4-7-14(13(15)10-17)19-9-5-6-12(11-19)16(20)18-2/h4,7-8,12H,3,5-6,9-11,17H2,1-2H3,(H,18,20). The fourth-order valence-corrected chi connectivity index (χ4v) is 3.81. The van der Waals surface area contributed by atoms with E-state index in [1.54, 1.807) is 7.05 Å². The fraction of sp³-hybridized carbons (Fsp3) is 0.562. The molecule has 1 aliphatic rings. The molecule has 21 heavy (non-hydrogen) atoms. The van der Waals surface area contributed by atoms with Gasteiger partial charge in [0.1, 0.15) is 0 Å². The number of piperidine rings is 1. The maximum Gasteiger partial charge on any atom is 0.224 e. The van der Waals surface area contributed by atoms with Crippen molar-refractivity contribution in [2.45, 2.75) is 31.2 Å². The first-order chi connectivity index (χ1) is 10.2. The summed E-state index contributed by atoms with van der Waals surface area (Å²) >= 11 is 1.83. The number of anilines is 1. The predicted molar refractivity (Wildman–Crippen MR) is 89.7 cm³/mol. The van der Waals surface area contributed by atoms with Crippen LogP contribution in [-0.2, 0) is 11.3 Å². The van der Waals surface area contributed by atoms with Gasteiger partial charge in [-0.1, -0.05) is 13.0 Å². The zero-order valence-corrected chi connectivity index (χ0v) is 13.7. The minimum atomic E-state index is 0.0804. The van der Waals surface area contributed by atoms with E-state index >= 15 is 0 Å². The first kappa shape index (κ1) is 16.2. The molecule has 116 valence electrons. The topological polar surface area (TPSA) is 58.4 Å². The summed E-state index contributed by atoms with van der Waals surface area (Å²) in [5.74, 6) is 1.27. The zero-order valence-electron chi connectivity index (χ0n) is 12.9. The van der Waals surface area contributed by atoms with E-state index in [1.807, 2.05) is 11.8 Å². The molecule has 5 heteroatoms. The number of nitrogens with one attached hydrogen (secondary N) is 1. The maximum absolute atomic E-state index is 11.9. The van der Waals surface area contributed by atoms with E-state index in [4.69, 9.17) is 5.73 Å². The highest BCUT2D eigenvalue weighted by molar-refractivity contribution is 7.99. The third-order valence-corrected chi connectivity index (χ3v) is 4.97. The molecule has 3 N–H and O–H groups in total. The Balaban J connectivity index is 2.24. The Morgan fingerprint density at radius 2 is 2.33 bits per heavy atom. The third kappa shape index (κ3) is 3.71. The molecule has 0 aliphatic carbocycles. The van der Waals surface area contributed by atoms with Crippen molar-refractivity contribution in [3.63, 3.8) is 0 Å². The van der Waals surface area contributed by atoms with Crippen LogP contribution in [0.15, 0.2) is 23.1 Å². The van der Waals surface area contributed by atoms with Gasteiger partial charge in [0.15, 0.2) is 0 Å². The van der Waals surface area contributed by atoms with Gasteiger partial charge in [0.25, 0.3) is 0 Å². The summed E-state index contributed by atoms with van der Waals surface area (Å²) in [6, 6.07) is 6.37. The van der Waals surface area contributed by atoms with Crippen LogP contribution in [0.2, 0.25) is 0 Å². The molecule has 1 saturated heterocycles. The predicted octanol–water partition coefficient (Wildman–Crippen LogP) is 2.22. The SMILES string of the molecule is CCSc1cccc(N2CCCC(C(=O)NC)C2)c1CN. The smallest absolute Gasteiger partial charge is 0.224 e. The van der Waals surface area contributed by atoms with E-state index in [-0.39, 0.29) is 11.8 Å². The average Bonchev–Trinajstić information content (AvgIpc) is 2.54. The average molecular weight is 307 g/mol. The summed E-state index contributed by atoms with van der Waals surface area (Å²) in [7, 11) is 1.71. The number of thioether (sulfide) groups is 1. The molecular formula is C16H25N3OS. The Bertz CT molecular complexity index is 492. The number of hydrogen-bond acceptors (Lipinski definition) is 4. The van der Waals surface area contributed by atoms with Crippen molar-refractivity contribution in [1.82, 2.24) is 5.32 Å². The van der Waals surface area contributed by atoms with Crippen LogP contribution in [0, 0.1) is 5.92 Å². The van der Waals surface area contributed by atoms with Gasteiger partial charge in [0.05, 0.1) is 5.92 Å². The molecule has 1 fully saturated rings. The first-order valence-corrected chi connectivity index (χ1v) is 8.61. The molecule has 2 rings (SSSR count). The fourth-order valence-electron chi connectivity index (χ4n) is 2.96. The van der Waals surface area contributed by atoms with E-state index < -0.39 is 0 Å². The van der Waals surface area contributed by atoms with E-state index in [0.29, 0.717) is 6.54 Å². The monoisotopic (exact) mass is 307 g/mol. The number of rotatable bonds is 5. The van der Waals surface area contributed by atoms with Crippen LogP contribution in [0.4, 0.5) is 5.69 Å². The largest absolute Gasteiger partial charge is 0.370 e. The van der Waals surface area contributed by atoms with E-state index in [2.05, 4.69) is 35.3 Å². The van der Waals surface area contributed by atoms with Gasteiger partial charge in [-0.15, -0.1) is 11.8 Å². The zero-order chi connectivity index (χ0) is 15.2. The van der Waals surface area contributed by atoms with Gasteiger partial charge in [0.2, 0.25) is 5.91 Å². The lowest BCUT2D eigenvalue weighted by Crippen LogP contribution is -2.42. The van der Waals surface area contributed by atoms with E-state index in [0.717, 1.165) is 31.7 Å². The van der Waals surface area contributed by atoms with Gasteiger partial charge in [-0.05, 0) is 30.7 Å². The highest BCUT2D eigenvalue weighted by Crippen LogP contribution is 2.32. The number of hydrogen-bond donors (Lipinski definition) is 2. The second-order valence-electron chi connectivity index (χ2n) is 5.29. The van der Waals surface area contributed by atoms with Gasteiger partial charge in [-0.25, -0.2) is 0 Å². The number of nitrogens with two attached hydrogens (primary N) is 1. The van der Waals surface area contributed by atoms with Gasteiger partial charge >= 0.3 is 0 Å². The van der Waals surface area contributed by atoms with Gasteiger partial charge in [0, 0.05) is 42.8 Å². The molecule has 1 aromatic carbocycles.